The topological polar surface area (TPSA) is 67.9 Å². The third-order valence-electron chi connectivity index (χ3n) is 5.14. The SMILES string of the molecule is C=Cc1ccc(C(=O)N2CCC[C@@H](NC(=O)OC(C)(C)C)C2)c(OCc2ccccc2)c1. The summed E-state index contributed by atoms with van der Waals surface area (Å²) in [5, 5.41) is 2.89. The van der Waals surface area contributed by atoms with Crippen LogP contribution in [0.25, 0.3) is 6.08 Å². The molecule has 0 unspecified atom stereocenters. The fourth-order valence-corrected chi connectivity index (χ4v) is 3.62. The summed E-state index contributed by atoms with van der Waals surface area (Å²) in [5.41, 5.74) is 1.85. The fraction of sp³-hybridized carbons (Fsp3) is 0.385. The molecule has 6 heteroatoms. The van der Waals surface area contributed by atoms with Crippen LogP contribution in [0, 0.1) is 0 Å². The molecule has 170 valence electrons. The number of hydrogen-bond donors (Lipinski definition) is 1. The van der Waals surface area contributed by atoms with E-state index in [4.69, 9.17) is 9.47 Å². The number of rotatable bonds is 6. The van der Waals surface area contributed by atoms with E-state index in [2.05, 4.69) is 11.9 Å². The van der Waals surface area contributed by atoms with Crippen molar-refractivity contribution >= 4 is 18.1 Å². The van der Waals surface area contributed by atoms with E-state index < -0.39 is 11.7 Å². The van der Waals surface area contributed by atoms with Crippen LogP contribution < -0.4 is 10.1 Å². The molecular formula is C26H32N2O4. The molecule has 0 saturated carbocycles. The molecule has 6 nitrogen and oxygen atoms in total. The molecular weight excluding hydrogens is 404 g/mol. The predicted octanol–water partition coefficient (Wildman–Crippen LogP) is 5.04. The van der Waals surface area contributed by atoms with E-state index in [-0.39, 0.29) is 11.9 Å². The Morgan fingerprint density at radius 3 is 2.62 bits per heavy atom. The number of benzene rings is 2. The van der Waals surface area contributed by atoms with Crippen LogP contribution in [0.1, 0.15) is 55.1 Å². The zero-order valence-corrected chi connectivity index (χ0v) is 19.1. The van der Waals surface area contributed by atoms with Crippen LogP contribution in [0.3, 0.4) is 0 Å². The Kier molecular flexibility index (Phi) is 7.57. The number of ether oxygens (including phenoxy) is 2. The maximum absolute atomic E-state index is 13.4. The van der Waals surface area contributed by atoms with Crippen LogP contribution in [0.15, 0.2) is 55.1 Å². The number of likely N-dealkylation sites (tertiary alicyclic amines) is 1. The Hall–Kier alpha value is -3.28. The van der Waals surface area contributed by atoms with Gasteiger partial charge in [0, 0.05) is 19.1 Å². The highest BCUT2D eigenvalue weighted by molar-refractivity contribution is 5.97. The van der Waals surface area contributed by atoms with Crippen molar-refractivity contribution in [2.75, 3.05) is 13.1 Å². The minimum absolute atomic E-state index is 0.112. The Labute approximate surface area is 190 Å². The normalized spacial score (nSPS) is 16.2. The van der Waals surface area contributed by atoms with E-state index >= 15 is 0 Å². The van der Waals surface area contributed by atoms with Gasteiger partial charge in [-0.25, -0.2) is 4.79 Å². The standard InChI is InChI=1S/C26H32N2O4/c1-5-19-13-14-22(23(16-19)31-18-20-10-7-6-8-11-20)24(29)28-15-9-12-21(17-28)27-25(30)32-26(2,3)4/h5-8,10-11,13-14,16,21H,1,9,12,15,17-18H2,2-4H3,(H,27,30)/t21-/m1/s1. The molecule has 32 heavy (non-hydrogen) atoms. The number of amides is 2. The van der Waals surface area contributed by atoms with E-state index in [9.17, 15) is 9.59 Å². The summed E-state index contributed by atoms with van der Waals surface area (Å²) in [6.07, 6.45) is 2.87. The Morgan fingerprint density at radius 2 is 1.94 bits per heavy atom. The van der Waals surface area contributed by atoms with Crippen molar-refractivity contribution in [3.8, 4) is 5.75 Å². The Balaban J connectivity index is 1.71. The minimum Gasteiger partial charge on any atom is -0.488 e. The summed E-state index contributed by atoms with van der Waals surface area (Å²) in [5.74, 6) is 0.415. The van der Waals surface area contributed by atoms with Crippen LogP contribution in [0.4, 0.5) is 4.79 Å². The average Bonchev–Trinajstić information content (AvgIpc) is 2.76. The van der Waals surface area contributed by atoms with E-state index in [1.165, 1.54) is 0 Å². The largest absolute Gasteiger partial charge is 0.488 e. The highest BCUT2D eigenvalue weighted by Gasteiger charge is 2.28. The van der Waals surface area contributed by atoms with Crippen LogP contribution in [-0.2, 0) is 11.3 Å². The summed E-state index contributed by atoms with van der Waals surface area (Å²) in [6, 6.07) is 15.2. The number of piperidine rings is 1. The molecule has 2 aromatic rings. The Bertz CT molecular complexity index is 950. The zero-order chi connectivity index (χ0) is 23.1. The molecule has 2 amide bonds. The van der Waals surface area contributed by atoms with Gasteiger partial charge in [-0.05, 0) is 56.9 Å². The van der Waals surface area contributed by atoms with Crippen molar-refractivity contribution < 1.29 is 19.1 Å². The van der Waals surface area contributed by atoms with Crippen LogP contribution >= 0.6 is 0 Å². The molecule has 1 heterocycles. The zero-order valence-electron chi connectivity index (χ0n) is 19.1. The van der Waals surface area contributed by atoms with Crippen molar-refractivity contribution in [1.82, 2.24) is 10.2 Å². The van der Waals surface area contributed by atoms with Gasteiger partial charge in [0.1, 0.15) is 18.0 Å². The van der Waals surface area contributed by atoms with Crippen molar-refractivity contribution in [1.29, 1.82) is 0 Å². The van der Waals surface area contributed by atoms with Crippen molar-refractivity contribution in [2.45, 2.75) is 51.9 Å². The maximum atomic E-state index is 13.4. The number of hydrogen-bond acceptors (Lipinski definition) is 4. The van der Waals surface area contributed by atoms with Crippen molar-refractivity contribution in [3.05, 3.63) is 71.8 Å². The molecule has 0 aliphatic carbocycles. The number of carbonyl (C=O) groups is 2. The molecule has 1 N–H and O–H groups in total. The molecule has 0 spiro atoms. The molecule has 0 bridgehead atoms. The van der Waals surface area contributed by atoms with Crippen molar-refractivity contribution in [2.24, 2.45) is 0 Å². The number of alkyl carbamates (subject to hydrolysis) is 1. The Morgan fingerprint density at radius 1 is 1.19 bits per heavy atom. The van der Waals surface area contributed by atoms with E-state index in [0.717, 1.165) is 24.0 Å². The first kappa shape index (κ1) is 23.4. The quantitative estimate of drug-likeness (QED) is 0.689. The second-order valence-electron chi connectivity index (χ2n) is 8.97. The second kappa shape index (κ2) is 10.4. The molecule has 1 aliphatic rings. The summed E-state index contributed by atoms with van der Waals surface area (Å²) >= 11 is 0. The maximum Gasteiger partial charge on any atom is 0.407 e. The molecule has 0 aromatic heterocycles. The van der Waals surface area contributed by atoms with Gasteiger partial charge in [0.15, 0.2) is 0 Å². The van der Waals surface area contributed by atoms with Crippen LogP contribution in [0.2, 0.25) is 0 Å². The molecule has 3 rings (SSSR count). The fourth-order valence-electron chi connectivity index (χ4n) is 3.62. The van der Waals surface area contributed by atoms with E-state index in [1.807, 2.05) is 63.2 Å². The van der Waals surface area contributed by atoms with Gasteiger partial charge in [-0.3, -0.25) is 4.79 Å². The molecule has 0 radical (unpaired) electrons. The second-order valence-corrected chi connectivity index (χ2v) is 8.97. The first-order valence-corrected chi connectivity index (χ1v) is 11.0. The van der Waals surface area contributed by atoms with Crippen LogP contribution in [-0.4, -0.2) is 41.6 Å². The van der Waals surface area contributed by atoms with Crippen molar-refractivity contribution in [3.63, 3.8) is 0 Å². The minimum atomic E-state index is -0.563. The average molecular weight is 437 g/mol. The lowest BCUT2D eigenvalue weighted by atomic mass is 10.0. The summed E-state index contributed by atoms with van der Waals surface area (Å²) < 4.78 is 11.4. The molecule has 1 saturated heterocycles. The lowest BCUT2D eigenvalue weighted by molar-refractivity contribution is 0.0451. The van der Waals surface area contributed by atoms with Gasteiger partial charge in [0.05, 0.1) is 5.56 Å². The third kappa shape index (κ3) is 6.61. The summed E-state index contributed by atoms with van der Waals surface area (Å²) in [4.78, 5) is 27.3. The highest BCUT2D eigenvalue weighted by atomic mass is 16.6. The van der Waals surface area contributed by atoms with Gasteiger partial charge < -0.3 is 19.7 Å². The van der Waals surface area contributed by atoms with Gasteiger partial charge in [-0.2, -0.15) is 0 Å². The van der Waals surface area contributed by atoms with Gasteiger partial charge >= 0.3 is 6.09 Å². The first-order chi connectivity index (χ1) is 15.2. The monoisotopic (exact) mass is 436 g/mol. The summed E-state index contributed by atoms with van der Waals surface area (Å²) in [7, 11) is 0. The van der Waals surface area contributed by atoms with Gasteiger partial charge in [0.2, 0.25) is 0 Å². The highest BCUT2D eigenvalue weighted by Crippen LogP contribution is 2.25. The van der Waals surface area contributed by atoms with E-state index in [0.29, 0.717) is 31.0 Å². The van der Waals surface area contributed by atoms with Gasteiger partial charge in [0.25, 0.3) is 5.91 Å². The number of nitrogens with one attached hydrogen (secondary N) is 1. The third-order valence-corrected chi connectivity index (χ3v) is 5.14. The smallest absolute Gasteiger partial charge is 0.407 e. The molecule has 2 aromatic carbocycles. The van der Waals surface area contributed by atoms with Crippen LogP contribution in [0.5, 0.6) is 5.75 Å². The first-order valence-electron chi connectivity index (χ1n) is 11.0. The van der Waals surface area contributed by atoms with Gasteiger partial charge in [-0.15, -0.1) is 0 Å². The summed E-state index contributed by atoms with van der Waals surface area (Å²) in [6.45, 7) is 10.7. The lowest BCUT2D eigenvalue weighted by Crippen LogP contribution is -2.50. The lowest BCUT2D eigenvalue weighted by Gasteiger charge is -2.34. The predicted molar refractivity (Wildman–Crippen MR) is 126 cm³/mol. The van der Waals surface area contributed by atoms with Gasteiger partial charge in [-0.1, -0.05) is 49.1 Å². The van der Waals surface area contributed by atoms with E-state index in [1.54, 1.807) is 17.0 Å². The number of nitrogens with zero attached hydrogens (tertiary/aromatic N) is 1. The number of carbonyl (C=O) groups excluding carboxylic acids is 2. The molecule has 1 atom stereocenters. The molecule has 1 aliphatic heterocycles. The molecule has 1 fully saturated rings.